The molecular weight excluding hydrogens is 271 g/mol. The van der Waals surface area contributed by atoms with Crippen molar-refractivity contribution in [2.75, 3.05) is 33.0 Å². The lowest BCUT2D eigenvalue weighted by atomic mass is 9.94. The first-order valence-corrected chi connectivity index (χ1v) is 7.20. The summed E-state index contributed by atoms with van der Waals surface area (Å²) in [4.78, 5) is 6.63. The number of fused-ring (bicyclic) bond motifs is 1. The molecule has 0 radical (unpaired) electrons. The SMILES string of the molecule is COc1cc2c(cc1F)nc(N)n2C1CCN(C)CC1C. The fraction of sp³-hybridized carbons (Fsp3) is 0.533. The maximum atomic E-state index is 13.8. The molecule has 2 unspecified atom stereocenters. The number of rotatable bonds is 2. The van der Waals surface area contributed by atoms with Gasteiger partial charge in [0.2, 0.25) is 5.95 Å². The van der Waals surface area contributed by atoms with Crippen LogP contribution in [0.3, 0.4) is 0 Å². The molecule has 0 saturated carbocycles. The number of nitrogens with zero attached hydrogens (tertiary/aromatic N) is 3. The summed E-state index contributed by atoms with van der Waals surface area (Å²) in [5, 5.41) is 0. The van der Waals surface area contributed by atoms with Gasteiger partial charge in [0.25, 0.3) is 0 Å². The lowest BCUT2D eigenvalue weighted by Gasteiger charge is -2.36. The number of aromatic nitrogens is 2. The minimum atomic E-state index is -0.411. The number of methoxy groups -OCH3 is 1. The van der Waals surface area contributed by atoms with Gasteiger partial charge in [0.05, 0.1) is 18.1 Å². The number of hydrogen-bond donors (Lipinski definition) is 1. The van der Waals surface area contributed by atoms with Gasteiger partial charge in [0.15, 0.2) is 11.6 Å². The van der Waals surface area contributed by atoms with Crippen LogP contribution in [0.1, 0.15) is 19.4 Å². The highest BCUT2D eigenvalue weighted by Gasteiger charge is 2.28. The number of hydrogen-bond acceptors (Lipinski definition) is 4. The molecule has 2 atom stereocenters. The fourth-order valence-electron chi connectivity index (χ4n) is 3.35. The molecular formula is C15H21FN4O. The zero-order valence-corrected chi connectivity index (χ0v) is 12.6. The number of anilines is 1. The zero-order valence-electron chi connectivity index (χ0n) is 12.6. The second-order valence-corrected chi connectivity index (χ2v) is 5.91. The Bertz CT molecular complexity index is 669. The molecule has 3 rings (SSSR count). The Morgan fingerprint density at radius 3 is 2.86 bits per heavy atom. The Kier molecular flexibility index (Phi) is 3.49. The van der Waals surface area contributed by atoms with Gasteiger partial charge in [-0.1, -0.05) is 6.92 Å². The van der Waals surface area contributed by atoms with Crippen LogP contribution >= 0.6 is 0 Å². The zero-order chi connectivity index (χ0) is 15.1. The number of benzene rings is 1. The molecule has 0 bridgehead atoms. The third kappa shape index (κ3) is 2.33. The van der Waals surface area contributed by atoms with Gasteiger partial charge in [-0.15, -0.1) is 0 Å². The normalized spacial score (nSPS) is 23.6. The summed E-state index contributed by atoms with van der Waals surface area (Å²) < 4.78 is 20.9. The van der Waals surface area contributed by atoms with E-state index in [1.54, 1.807) is 6.07 Å². The molecule has 0 amide bonds. The van der Waals surface area contributed by atoms with E-state index in [9.17, 15) is 4.39 Å². The predicted octanol–water partition coefficient (Wildman–Crippen LogP) is 2.28. The molecule has 1 aromatic heterocycles. The minimum Gasteiger partial charge on any atom is -0.494 e. The molecule has 1 aliphatic heterocycles. The summed E-state index contributed by atoms with van der Waals surface area (Å²) in [5.41, 5.74) is 7.52. The van der Waals surface area contributed by atoms with Crippen LogP contribution in [0.15, 0.2) is 12.1 Å². The highest BCUT2D eigenvalue weighted by atomic mass is 19.1. The van der Waals surface area contributed by atoms with E-state index < -0.39 is 5.82 Å². The standard InChI is InChI=1S/C15H21FN4O/c1-9-8-19(2)5-4-12(9)20-13-7-14(21-3)10(16)6-11(13)18-15(20)17/h6-7,9,12H,4-5,8H2,1-3H3,(H2,17,18). The molecule has 2 aromatic rings. The van der Waals surface area contributed by atoms with Crippen LogP contribution in [0.5, 0.6) is 5.75 Å². The Morgan fingerprint density at radius 1 is 1.43 bits per heavy atom. The van der Waals surface area contributed by atoms with Crippen molar-refractivity contribution in [3.05, 3.63) is 17.9 Å². The first-order valence-electron chi connectivity index (χ1n) is 7.20. The summed E-state index contributed by atoms with van der Waals surface area (Å²) in [6, 6.07) is 3.36. The molecule has 21 heavy (non-hydrogen) atoms. The van der Waals surface area contributed by atoms with E-state index >= 15 is 0 Å². The van der Waals surface area contributed by atoms with Crippen molar-refractivity contribution in [1.82, 2.24) is 14.5 Å². The van der Waals surface area contributed by atoms with Crippen molar-refractivity contribution in [3.63, 3.8) is 0 Å². The van der Waals surface area contributed by atoms with Gasteiger partial charge in [-0.05, 0) is 25.9 Å². The van der Waals surface area contributed by atoms with Crippen LogP contribution in [0.4, 0.5) is 10.3 Å². The van der Waals surface area contributed by atoms with Crippen molar-refractivity contribution in [2.45, 2.75) is 19.4 Å². The number of ether oxygens (including phenoxy) is 1. The van der Waals surface area contributed by atoms with Gasteiger partial charge in [-0.2, -0.15) is 0 Å². The molecule has 1 aliphatic rings. The van der Waals surface area contributed by atoms with Gasteiger partial charge < -0.3 is 19.9 Å². The Balaban J connectivity index is 2.11. The monoisotopic (exact) mass is 292 g/mol. The van der Waals surface area contributed by atoms with Gasteiger partial charge in [0.1, 0.15) is 0 Å². The topological polar surface area (TPSA) is 56.3 Å². The summed E-state index contributed by atoms with van der Waals surface area (Å²) in [5.74, 6) is 0.717. The second-order valence-electron chi connectivity index (χ2n) is 5.91. The van der Waals surface area contributed by atoms with E-state index in [4.69, 9.17) is 10.5 Å². The van der Waals surface area contributed by atoms with E-state index in [1.165, 1.54) is 13.2 Å². The van der Waals surface area contributed by atoms with Crippen molar-refractivity contribution >= 4 is 17.0 Å². The van der Waals surface area contributed by atoms with E-state index in [0.717, 1.165) is 25.0 Å². The fourth-order valence-corrected chi connectivity index (χ4v) is 3.35. The van der Waals surface area contributed by atoms with Crippen LogP contribution in [-0.2, 0) is 0 Å². The maximum absolute atomic E-state index is 13.8. The summed E-state index contributed by atoms with van der Waals surface area (Å²) in [7, 11) is 3.59. The van der Waals surface area contributed by atoms with Crippen molar-refractivity contribution in [2.24, 2.45) is 5.92 Å². The third-order valence-electron chi connectivity index (χ3n) is 4.39. The highest BCUT2D eigenvalue weighted by Crippen LogP contribution is 2.35. The number of imidazole rings is 1. The molecule has 2 N–H and O–H groups in total. The lowest BCUT2D eigenvalue weighted by molar-refractivity contribution is 0.162. The second kappa shape index (κ2) is 5.18. The molecule has 114 valence electrons. The van der Waals surface area contributed by atoms with E-state index in [0.29, 0.717) is 17.4 Å². The van der Waals surface area contributed by atoms with Gasteiger partial charge >= 0.3 is 0 Å². The molecule has 1 saturated heterocycles. The quantitative estimate of drug-likeness (QED) is 0.922. The smallest absolute Gasteiger partial charge is 0.201 e. The largest absolute Gasteiger partial charge is 0.494 e. The van der Waals surface area contributed by atoms with Gasteiger partial charge in [0, 0.05) is 24.7 Å². The first-order chi connectivity index (χ1) is 10.0. The van der Waals surface area contributed by atoms with Crippen LogP contribution < -0.4 is 10.5 Å². The molecule has 0 aliphatic carbocycles. The number of halogens is 1. The van der Waals surface area contributed by atoms with Gasteiger partial charge in [-0.3, -0.25) is 0 Å². The summed E-state index contributed by atoms with van der Waals surface area (Å²) >= 11 is 0. The Hall–Kier alpha value is -1.82. The average molecular weight is 292 g/mol. The third-order valence-corrected chi connectivity index (χ3v) is 4.39. The molecule has 0 spiro atoms. The number of nitrogens with two attached hydrogens (primary N) is 1. The molecule has 1 fully saturated rings. The van der Waals surface area contributed by atoms with E-state index in [2.05, 4.69) is 23.9 Å². The number of likely N-dealkylation sites (tertiary alicyclic amines) is 1. The lowest BCUT2D eigenvalue weighted by Crippen LogP contribution is -2.38. The van der Waals surface area contributed by atoms with Crippen LogP contribution in [-0.4, -0.2) is 41.7 Å². The molecule has 2 heterocycles. The van der Waals surface area contributed by atoms with E-state index in [1.807, 2.05) is 4.57 Å². The minimum absolute atomic E-state index is 0.226. The average Bonchev–Trinajstić information content (AvgIpc) is 2.73. The molecule has 6 heteroatoms. The predicted molar refractivity (Wildman–Crippen MR) is 81.0 cm³/mol. The van der Waals surface area contributed by atoms with Crippen molar-refractivity contribution < 1.29 is 9.13 Å². The van der Waals surface area contributed by atoms with Crippen molar-refractivity contribution in [3.8, 4) is 5.75 Å². The Labute approximate surface area is 123 Å². The van der Waals surface area contributed by atoms with Gasteiger partial charge in [-0.25, -0.2) is 9.37 Å². The summed E-state index contributed by atoms with van der Waals surface area (Å²) in [6.07, 6.45) is 1.01. The maximum Gasteiger partial charge on any atom is 0.201 e. The molecule has 1 aromatic carbocycles. The number of piperidine rings is 1. The number of nitrogen functional groups attached to an aromatic ring is 1. The first kappa shape index (κ1) is 14.1. The van der Waals surface area contributed by atoms with Crippen LogP contribution in [0, 0.1) is 11.7 Å². The Morgan fingerprint density at radius 2 is 2.19 bits per heavy atom. The summed E-state index contributed by atoms with van der Waals surface area (Å²) in [6.45, 7) is 4.25. The van der Waals surface area contributed by atoms with Crippen LogP contribution in [0.2, 0.25) is 0 Å². The van der Waals surface area contributed by atoms with Crippen LogP contribution in [0.25, 0.3) is 11.0 Å². The highest BCUT2D eigenvalue weighted by molar-refractivity contribution is 5.80. The van der Waals surface area contributed by atoms with Crippen molar-refractivity contribution in [1.29, 1.82) is 0 Å². The molecule has 5 nitrogen and oxygen atoms in total. The van der Waals surface area contributed by atoms with E-state index in [-0.39, 0.29) is 11.8 Å².